The lowest BCUT2D eigenvalue weighted by atomic mass is 10.1. The Kier molecular flexibility index (Phi) is 3.57. The number of rotatable bonds is 3. The molecular weight excluding hydrogens is 191 g/mol. The summed E-state index contributed by atoms with van der Waals surface area (Å²) in [5, 5.41) is 0. The number of aryl methyl sites for hydroxylation is 1. The zero-order chi connectivity index (χ0) is 9.84. The van der Waals surface area contributed by atoms with E-state index < -0.39 is 16.9 Å². The van der Waals surface area contributed by atoms with E-state index in [9.17, 15) is 13.2 Å². The molecule has 1 aromatic carbocycles. The summed E-state index contributed by atoms with van der Waals surface area (Å²) in [6.45, 7) is 1.83. The van der Waals surface area contributed by atoms with Gasteiger partial charge >= 0.3 is 0 Å². The summed E-state index contributed by atoms with van der Waals surface area (Å²) in [7, 11) is 0. The Morgan fingerprint density at radius 1 is 1.46 bits per heavy atom. The van der Waals surface area contributed by atoms with Crippen LogP contribution in [0.2, 0.25) is 0 Å². The van der Waals surface area contributed by atoms with Crippen LogP contribution in [0.5, 0.6) is 0 Å². The Morgan fingerprint density at radius 3 is 2.62 bits per heavy atom. The maximum absolute atomic E-state index is 13.4. The van der Waals surface area contributed by atoms with Crippen LogP contribution in [0.15, 0.2) is 18.2 Å². The van der Waals surface area contributed by atoms with Crippen LogP contribution in [0.25, 0.3) is 0 Å². The first-order valence-corrected chi connectivity index (χ1v) is 5.21. The molecule has 1 aromatic rings. The van der Waals surface area contributed by atoms with E-state index in [1.54, 1.807) is 12.1 Å². The summed E-state index contributed by atoms with van der Waals surface area (Å²) >= 11 is -2.23. The Morgan fingerprint density at radius 2 is 2.08 bits per heavy atom. The molecule has 1 atom stereocenters. The van der Waals surface area contributed by atoms with E-state index in [1.807, 2.05) is 6.92 Å². The van der Waals surface area contributed by atoms with Crippen LogP contribution in [-0.2, 0) is 23.3 Å². The van der Waals surface area contributed by atoms with Crippen molar-refractivity contribution in [3.8, 4) is 0 Å². The molecule has 13 heavy (non-hydrogen) atoms. The van der Waals surface area contributed by atoms with Crippen LogP contribution < -0.4 is 0 Å². The van der Waals surface area contributed by atoms with Gasteiger partial charge in [-0.3, -0.25) is 4.21 Å². The molecule has 72 valence electrons. The zero-order valence-electron chi connectivity index (χ0n) is 7.25. The van der Waals surface area contributed by atoms with Crippen molar-refractivity contribution in [1.29, 1.82) is 0 Å². The monoisotopic (exact) mass is 201 g/mol. The van der Waals surface area contributed by atoms with Crippen molar-refractivity contribution in [3.63, 3.8) is 0 Å². The third-order valence-corrected chi connectivity index (χ3v) is 2.36. The molecule has 0 bridgehead atoms. The van der Waals surface area contributed by atoms with Crippen molar-refractivity contribution in [2.75, 3.05) is 0 Å². The van der Waals surface area contributed by atoms with Gasteiger partial charge in [0.2, 0.25) is 0 Å². The van der Waals surface area contributed by atoms with Gasteiger partial charge < -0.3 is 4.55 Å². The van der Waals surface area contributed by atoms with E-state index in [0.717, 1.165) is 0 Å². The zero-order valence-corrected chi connectivity index (χ0v) is 8.07. The van der Waals surface area contributed by atoms with Crippen LogP contribution >= 0.6 is 0 Å². The van der Waals surface area contributed by atoms with Crippen molar-refractivity contribution in [1.82, 2.24) is 0 Å². The fourth-order valence-corrected chi connectivity index (χ4v) is 1.62. The first-order chi connectivity index (χ1) is 6.15. The topological polar surface area (TPSA) is 40.1 Å². The quantitative estimate of drug-likeness (QED) is 0.699. The number of hydrogen-bond donors (Lipinski definition) is 0. The molecule has 2 nitrogen and oxygen atoms in total. The van der Waals surface area contributed by atoms with Crippen LogP contribution in [0, 0.1) is 5.82 Å². The summed E-state index contributed by atoms with van der Waals surface area (Å²) < 4.78 is 34.1. The highest BCUT2D eigenvalue weighted by Crippen LogP contribution is 2.14. The first-order valence-electron chi connectivity index (χ1n) is 3.97. The van der Waals surface area contributed by atoms with Gasteiger partial charge in [-0.2, -0.15) is 0 Å². The summed E-state index contributed by atoms with van der Waals surface area (Å²) in [6, 6.07) is 4.82. The number of hydrogen-bond acceptors (Lipinski definition) is 2. The van der Waals surface area contributed by atoms with Gasteiger partial charge in [-0.15, -0.1) is 0 Å². The molecule has 0 heterocycles. The largest absolute Gasteiger partial charge is 0.772 e. The van der Waals surface area contributed by atoms with E-state index in [1.165, 1.54) is 6.07 Å². The smallest absolute Gasteiger partial charge is 0.130 e. The molecular formula is C9H10FO2S-. The van der Waals surface area contributed by atoms with Crippen LogP contribution in [0.4, 0.5) is 4.39 Å². The second kappa shape index (κ2) is 4.48. The molecule has 0 aliphatic carbocycles. The maximum Gasteiger partial charge on any atom is 0.130 e. The summed E-state index contributed by atoms with van der Waals surface area (Å²) in [6.07, 6.45) is 0.575. The van der Waals surface area contributed by atoms with E-state index in [-0.39, 0.29) is 11.3 Å². The average molecular weight is 201 g/mol. The van der Waals surface area contributed by atoms with Gasteiger partial charge in [0.25, 0.3) is 0 Å². The Balaban J connectivity index is 3.01. The van der Waals surface area contributed by atoms with Gasteiger partial charge in [-0.1, -0.05) is 36.2 Å². The molecule has 1 rings (SSSR count). The minimum atomic E-state index is -2.23. The molecule has 0 aromatic heterocycles. The molecule has 0 saturated carbocycles. The van der Waals surface area contributed by atoms with Gasteiger partial charge in [0.1, 0.15) is 5.82 Å². The highest BCUT2D eigenvalue weighted by molar-refractivity contribution is 7.78. The summed E-state index contributed by atoms with van der Waals surface area (Å²) in [5.41, 5.74) is 0.802. The molecule has 1 unspecified atom stereocenters. The molecule has 0 fully saturated rings. The lowest BCUT2D eigenvalue weighted by Crippen LogP contribution is -1.99. The molecule has 0 radical (unpaired) electrons. The molecule has 4 heteroatoms. The Labute approximate surface area is 79.1 Å². The fraction of sp³-hybridized carbons (Fsp3) is 0.333. The summed E-state index contributed by atoms with van der Waals surface area (Å²) in [4.78, 5) is 0. The van der Waals surface area contributed by atoms with Crippen LogP contribution in [0.3, 0.4) is 0 Å². The molecule has 0 amide bonds. The second-order valence-corrected chi connectivity index (χ2v) is 3.59. The minimum absolute atomic E-state index is 0.243. The van der Waals surface area contributed by atoms with E-state index >= 15 is 0 Å². The summed E-state index contributed by atoms with van der Waals surface area (Å²) in [5.74, 6) is -0.645. The Hall–Kier alpha value is -0.740. The predicted molar refractivity (Wildman–Crippen MR) is 48.4 cm³/mol. The third kappa shape index (κ3) is 2.60. The maximum atomic E-state index is 13.4. The predicted octanol–water partition coefficient (Wildman–Crippen LogP) is 1.77. The average Bonchev–Trinajstić information content (AvgIpc) is 2.08. The van der Waals surface area contributed by atoms with E-state index in [2.05, 4.69) is 0 Å². The molecule has 0 saturated heterocycles. The van der Waals surface area contributed by atoms with Crippen molar-refractivity contribution in [3.05, 3.63) is 35.1 Å². The normalized spacial score (nSPS) is 12.8. The van der Waals surface area contributed by atoms with Crippen molar-refractivity contribution < 1.29 is 13.2 Å². The highest BCUT2D eigenvalue weighted by Gasteiger charge is 2.05. The number of benzene rings is 1. The number of halogens is 1. The third-order valence-electron chi connectivity index (χ3n) is 1.81. The van der Waals surface area contributed by atoms with Gasteiger partial charge in [-0.25, -0.2) is 4.39 Å². The van der Waals surface area contributed by atoms with Crippen LogP contribution in [0.1, 0.15) is 18.1 Å². The van der Waals surface area contributed by atoms with Gasteiger partial charge in [0, 0.05) is 5.75 Å². The van der Waals surface area contributed by atoms with E-state index in [0.29, 0.717) is 12.0 Å². The van der Waals surface area contributed by atoms with Gasteiger partial charge in [-0.05, 0) is 17.5 Å². The standard InChI is InChI=1S/C9H11FO2S/c1-2-7-4-3-5-8(9(7)10)6-13(11)12/h3-5H,2,6H2,1H3,(H,11,12)/p-1. The minimum Gasteiger partial charge on any atom is -0.772 e. The van der Waals surface area contributed by atoms with Crippen LogP contribution in [-0.4, -0.2) is 8.76 Å². The van der Waals surface area contributed by atoms with E-state index in [4.69, 9.17) is 0 Å². The SMILES string of the molecule is CCc1cccc(CS(=O)[O-])c1F. The van der Waals surface area contributed by atoms with Crippen molar-refractivity contribution in [2.24, 2.45) is 0 Å². The second-order valence-electron chi connectivity index (χ2n) is 2.69. The van der Waals surface area contributed by atoms with Gasteiger partial charge in [0.15, 0.2) is 0 Å². The highest BCUT2D eigenvalue weighted by atomic mass is 32.2. The van der Waals surface area contributed by atoms with Crippen molar-refractivity contribution >= 4 is 11.1 Å². The lowest BCUT2D eigenvalue weighted by Gasteiger charge is -2.08. The molecule has 0 aliphatic rings. The van der Waals surface area contributed by atoms with Crippen molar-refractivity contribution in [2.45, 2.75) is 19.1 Å². The molecule has 0 N–H and O–H groups in total. The molecule has 0 spiro atoms. The fourth-order valence-electron chi connectivity index (χ4n) is 1.14. The van der Waals surface area contributed by atoms with Gasteiger partial charge in [0.05, 0.1) is 0 Å². The Bertz CT molecular complexity index is 325. The first kappa shape index (κ1) is 10.3. The lowest BCUT2D eigenvalue weighted by molar-refractivity contribution is 0.532. The molecule has 0 aliphatic heterocycles.